The normalized spacial score (nSPS) is 16.6. The second kappa shape index (κ2) is 12.7. The smallest absolute Gasteiger partial charge is 0.303 e. The number of amides is 4. The Bertz CT molecular complexity index is 1170. The Morgan fingerprint density at radius 1 is 1.18 bits per heavy atom. The number of rotatable bonds is 12. The molecule has 15 heteroatoms. The SMILES string of the molecule is CC[C@H](C)[C@H](NC(=O)CCC(=O)O)C(=O)N[C@H](C)C(=O)N1c2ncccc2C[C@H]1C(=O)NCc1nn[nH]n1. The molecule has 2 aromatic heterocycles. The molecule has 0 fully saturated rings. The predicted octanol–water partition coefficient (Wildman–Crippen LogP) is -0.931. The number of H-pyrrole nitrogens is 1. The van der Waals surface area contributed by atoms with E-state index in [1.54, 1.807) is 19.1 Å². The molecule has 5 N–H and O–H groups in total. The fraction of sp³-hybridized carbons (Fsp3) is 0.522. The second-order valence-electron chi connectivity index (χ2n) is 9.01. The summed E-state index contributed by atoms with van der Waals surface area (Å²) in [5.74, 6) is -3.02. The minimum absolute atomic E-state index is 0.00207. The summed E-state index contributed by atoms with van der Waals surface area (Å²) in [6, 6.07) is 0.514. The summed E-state index contributed by atoms with van der Waals surface area (Å²) in [6.45, 7) is 5.09. The lowest BCUT2D eigenvalue weighted by Gasteiger charge is -2.29. The van der Waals surface area contributed by atoms with Crippen molar-refractivity contribution in [1.82, 2.24) is 41.6 Å². The number of carboxylic acid groups (broad SMARTS) is 1. The summed E-state index contributed by atoms with van der Waals surface area (Å²) in [7, 11) is 0. The first kappa shape index (κ1) is 28.1. The molecular formula is C23H31N9O6. The van der Waals surface area contributed by atoms with Crippen LogP contribution in [0.2, 0.25) is 0 Å². The van der Waals surface area contributed by atoms with Gasteiger partial charge in [0.2, 0.25) is 17.7 Å². The van der Waals surface area contributed by atoms with Crippen molar-refractivity contribution in [3.8, 4) is 0 Å². The topological polar surface area (TPSA) is 212 Å². The van der Waals surface area contributed by atoms with Crippen molar-refractivity contribution in [3.05, 3.63) is 29.7 Å². The summed E-state index contributed by atoms with van der Waals surface area (Å²) in [4.78, 5) is 68.2. The van der Waals surface area contributed by atoms with Crippen molar-refractivity contribution < 1.29 is 29.1 Å². The number of hydrogen-bond acceptors (Lipinski definition) is 9. The molecule has 2 aromatic rings. The Hall–Kier alpha value is -4.43. The van der Waals surface area contributed by atoms with E-state index >= 15 is 0 Å². The molecule has 0 aromatic carbocycles. The maximum absolute atomic E-state index is 13.6. The van der Waals surface area contributed by atoms with Crippen LogP contribution in [0.3, 0.4) is 0 Å². The predicted molar refractivity (Wildman–Crippen MR) is 131 cm³/mol. The Kier molecular flexibility index (Phi) is 9.40. The average Bonchev–Trinajstić information content (AvgIpc) is 3.56. The number of carbonyl (C=O) groups excluding carboxylic acids is 4. The van der Waals surface area contributed by atoms with Crippen LogP contribution >= 0.6 is 0 Å². The number of pyridine rings is 1. The molecule has 0 radical (unpaired) electrons. The van der Waals surface area contributed by atoms with Gasteiger partial charge in [-0.15, -0.1) is 10.2 Å². The van der Waals surface area contributed by atoms with Gasteiger partial charge in [-0.05, 0) is 24.5 Å². The molecule has 1 aliphatic heterocycles. The minimum Gasteiger partial charge on any atom is -0.481 e. The number of fused-ring (bicyclic) bond motifs is 1. The van der Waals surface area contributed by atoms with E-state index in [1.807, 2.05) is 6.92 Å². The lowest BCUT2D eigenvalue weighted by atomic mass is 9.97. The Morgan fingerprint density at radius 2 is 1.95 bits per heavy atom. The van der Waals surface area contributed by atoms with Gasteiger partial charge in [-0.3, -0.25) is 28.9 Å². The zero-order chi connectivity index (χ0) is 27.8. The molecule has 0 aliphatic carbocycles. The summed E-state index contributed by atoms with van der Waals surface area (Å²) in [6.07, 6.45) is 1.63. The molecule has 4 atom stereocenters. The molecular weight excluding hydrogens is 498 g/mol. The van der Waals surface area contributed by atoms with Gasteiger partial charge in [-0.2, -0.15) is 5.21 Å². The fourth-order valence-electron chi connectivity index (χ4n) is 4.00. The van der Waals surface area contributed by atoms with Gasteiger partial charge in [0.05, 0.1) is 13.0 Å². The highest BCUT2D eigenvalue weighted by Gasteiger charge is 2.41. The quantitative estimate of drug-likeness (QED) is 0.228. The molecule has 15 nitrogen and oxygen atoms in total. The summed E-state index contributed by atoms with van der Waals surface area (Å²) < 4.78 is 0. The number of carboxylic acids is 1. The highest BCUT2D eigenvalue weighted by Crippen LogP contribution is 2.30. The van der Waals surface area contributed by atoms with Crippen LogP contribution in [0.5, 0.6) is 0 Å². The van der Waals surface area contributed by atoms with Crippen molar-refractivity contribution in [2.75, 3.05) is 4.90 Å². The Labute approximate surface area is 218 Å². The van der Waals surface area contributed by atoms with Crippen LogP contribution in [0.1, 0.15) is 51.4 Å². The Balaban J connectivity index is 1.72. The van der Waals surface area contributed by atoms with Gasteiger partial charge < -0.3 is 21.1 Å². The van der Waals surface area contributed by atoms with E-state index in [2.05, 4.69) is 41.6 Å². The van der Waals surface area contributed by atoms with Crippen molar-refractivity contribution in [2.45, 2.75) is 71.1 Å². The lowest BCUT2D eigenvalue weighted by Crippen LogP contribution is -2.57. The van der Waals surface area contributed by atoms with Crippen molar-refractivity contribution >= 4 is 35.4 Å². The monoisotopic (exact) mass is 529 g/mol. The van der Waals surface area contributed by atoms with Crippen LogP contribution in [-0.4, -0.2) is 78.4 Å². The first-order chi connectivity index (χ1) is 18.1. The van der Waals surface area contributed by atoms with Crippen LogP contribution in [0.4, 0.5) is 5.82 Å². The first-order valence-electron chi connectivity index (χ1n) is 12.2. The number of tetrazole rings is 1. The number of carbonyl (C=O) groups is 5. The highest BCUT2D eigenvalue weighted by molar-refractivity contribution is 6.06. The number of aromatic nitrogens is 5. The third kappa shape index (κ3) is 6.86. The molecule has 1 aliphatic rings. The third-order valence-corrected chi connectivity index (χ3v) is 6.28. The maximum Gasteiger partial charge on any atom is 0.303 e. The first-order valence-corrected chi connectivity index (χ1v) is 12.2. The number of nitrogens with one attached hydrogen (secondary N) is 4. The number of aromatic amines is 1. The molecule has 0 unspecified atom stereocenters. The standard InChI is InChI=1S/C23H31N9O6/c1-4-12(2)19(27-17(33)7-8-18(34)35)22(37)26-13(3)23(38)32-15(10-14-6-5-9-24-20(14)32)21(36)25-11-16-28-30-31-29-16/h5-6,9,12-13,15,19H,4,7-8,10-11H2,1-3H3,(H,25,36)(H,26,37)(H,27,33)(H,34,35)(H,28,29,30,31)/t12-,13+,15-,19-/m0/s1. The largest absolute Gasteiger partial charge is 0.481 e. The summed E-state index contributed by atoms with van der Waals surface area (Å²) in [5.41, 5.74) is 0.697. The Morgan fingerprint density at radius 3 is 2.61 bits per heavy atom. The van der Waals surface area contributed by atoms with Gasteiger partial charge in [-0.25, -0.2) is 4.98 Å². The van der Waals surface area contributed by atoms with E-state index in [9.17, 15) is 24.0 Å². The lowest BCUT2D eigenvalue weighted by molar-refractivity contribution is -0.139. The fourth-order valence-corrected chi connectivity index (χ4v) is 4.00. The molecule has 0 saturated heterocycles. The molecule has 3 heterocycles. The van der Waals surface area contributed by atoms with Gasteiger partial charge >= 0.3 is 5.97 Å². The van der Waals surface area contributed by atoms with E-state index in [-0.39, 0.29) is 37.5 Å². The molecule has 4 amide bonds. The van der Waals surface area contributed by atoms with Crippen molar-refractivity contribution in [3.63, 3.8) is 0 Å². The van der Waals surface area contributed by atoms with Gasteiger partial charge in [0.1, 0.15) is 23.9 Å². The number of nitrogens with zero attached hydrogens (tertiary/aromatic N) is 5. The van der Waals surface area contributed by atoms with Gasteiger partial charge in [0.15, 0.2) is 5.82 Å². The van der Waals surface area contributed by atoms with E-state index in [1.165, 1.54) is 18.0 Å². The number of hydrogen-bond donors (Lipinski definition) is 5. The number of aliphatic carboxylic acids is 1. The summed E-state index contributed by atoms with van der Waals surface area (Å²) in [5, 5.41) is 30.0. The van der Waals surface area contributed by atoms with Crippen molar-refractivity contribution in [1.29, 1.82) is 0 Å². The van der Waals surface area contributed by atoms with Crippen LogP contribution in [0.25, 0.3) is 0 Å². The zero-order valence-corrected chi connectivity index (χ0v) is 21.3. The van der Waals surface area contributed by atoms with E-state index in [0.29, 0.717) is 17.8 Å². The molecule has 204 valence electrons. The molecule has 0 bridgehead atoms. The van der Waals surface area contributed by atoms with Crippen LogP contribution in [-0.2, 0) is 36.9 Å². The van der Waals surface area contributed by atoms with E-state index in [4.69, 9.17) is 5.11 Å². The van der Waals surface area contributed by atoms with Gasteiger partial charge in [0, 0.05) is 19.0 Å². The van der Waals surface area contributed by atoms with Crippen molar-refractivity contribution in [2.24, 2.45) is 5.92 Å². The maximum atomic E-state index is 13.6. The van der Waals surface area contributed by atoms with Gasteiger partial charge in [0.25, 0.3) is 5.91 Å². The average molecular weight is 530 g/mol. The third-order valence-electron chi connectivity index (χ3n) is 6.28. The zero-order valence-electron chi connectivity index (χ0n) is 21.3. The van der Waals surface area contributed by atoms with E-state index in [0.717, 1.165) is 0 Å². The van der Waals surface area contributed by atoms with Crippen LogP contribution in [0.15, 0.2) is 18.3 Å². The highest BCUT2D eigenvalue weighted by atomic mass is 16.4. The molecule has 0 saturated carbocycles. The van der Waals surface area contributed by atoms with Crippen LogP contribution in [0, 0.1) is 5.92 Å². The number of anilines is 1. The van der Waals surface area contributed by atoms with E-state index < -0.39 is 47.7 Å². The van der Waals surface area contributed by atoms with Crippen LogP contribution < -0.4 is 20.9 Å². The second-order valence-corrected chi connectivity index (χ2v) is 9.01. The summed E-state index contributed by atoms with van der Waals surface area (Å²) >= 11 is 0. The molecule has 0 spiro atoms. The minimum atomic E-state index is -1.13. The molecule has 3 rings (SSSR count). The van der Waals surface area contributed by atoms with Gasteiger partial charge in [-0.1, -0.05) is 31.5 Å². The molecule has 38 heavy (non-hydrogen) atoms.